The second kappa shape index (κ2) is 9.99. The minimum absolute atomic E-state index is 0.0351. The van der Waals surface area contributed by atoms with Crippen LogP contribution in [0.25, 0.3) is 0 Å². The molecule has 3 aromatic carbocycles. The Kier molecular flexibility index (Phi) is 6.87. The van der Waals surface area contributed by atoms with Crippen molar-refractivity contribution in [1.82, 2.24) is 0 Å². The van der Waals surface area contributed by atoms with Gasteiger partial charge in [-0.3, -0.25) is 9.59 Å². The molecule has 33 heavy (non-hydrogen) atoms. The van der Waals surface area contributed by atoms with Crippen LogP contribution < -0.4 is 9.80 Å². The molecule has 0 spiro atoms. The number of carbonyl (C=O) groups excluding carboxylic acids is 2. The SMILES string of the molecule is CCCCC(=O)N1c2ccccc2C(N(C(=O)c2ccccc2F)c2ccccc2)CC1C. The molecule has 2 atom stereocenters. The van der Waals surface area contributed by atoms with Gasteiger partial charge in [0.25, 0.3) is 5.91 Å². The van der Waals surface area contributed by atoms with Crippen molar-refractivity contribution >= 4 is 23.2 Å². The number of rotatable bonds is 6. The summed E-state index contributed by atoms with van der Waals surface area (Å²) in [6.45, 7) is 4.09. The first kappa shape index (κ1) is 22.7. The summed E-state index contributed by atoms with van der Waals surface area (Å²) in [5.74, 6) is -0.837. The zero-order valence-electron chi connectivity index (χ0n) is 19.1. The van der Waals surface area contributed by atoms with Crippen molar-refractivity contribution in [2.45, 2.75) is 51.6 Å². The fourth-order valence-electron chi connectivity index (χ4n) is 4.65. The van der Waals surface area contributed by atoms with Crippen LogP contribution in [0.2, 0.25) is 0 Å². The average molecular weight is 445 g/mol. The molecule has 0 N–H and O–H groups in total. The van der Waals surface area contributed by atoms with Crippen LogP contribution in [0.1, 0.15) is 61.5 Å². The Hall–Kier alpha value is -3.47. The molecule has 2 unspecified atom stereocenters. The highest BCUT2D eigenvalue weighted by Gasteiger charge is 2.38. The van der Waals surface area contributed by atoms with Crippen molar-refractivity contribution in [2.75, 3.05) is 9.80 Å². The molecule has 170 valence electrons. The van der Waals surface area contributed by atoms with Crippen molar-refractivity contribution in [3.8, 4) is 0 Å². The van der Waals surface area contributed by atoms with Gasteiger partial charge in [0.15, 0.2) is 0 Å². The van der Waals surface area contributed by atoms with E-state index in [1.165, 1.54) is 12.1 Å². The van der Waals surface area contributed by atoms with Crippen molar-refractivity contribution in [3.63, 3.8) is 0 Å². The number of hydrogen-bond donors (Lipinski definition) is 0. The van der Waals surface area contributed by atoms with Crippen molar-refractivity contribution < 1.29 is 14.0 Å². The van der Waals surface area contributed by atoms with Crippen LogP contribution in [-0.2, 0) is 4.79 Å². The fourth-order valence-corrected chi connectivity index (χ4v) is 4.65. The zero-order valence-corrected chi connectivity index (χ0v) is 19.1. The van der Waals surface area contributed by atoms with Gasteiger partial charge in [0.05, 0.1) is 11.6 Å². The van der Waals surface area contributed by atoms with Gasteiger partial charge in [0.1, 0.15) is 5.82 Å². The van der Waals surface area contributed by atoms with Crippen LogP contribution in [0, 0.1) is 5.82 Å². The number of fused-ring (bicyclic) bond motifs is 1. The Morgan fingerprint density at radius 3 is 2.36 bits per heavy atom. The number of para-hydroxylation sites is 2. The highest BCUT2D eigenvalue weighted by Crippen LogP contribution is 2.43. The molecule has 0 aliphatic carbocycles. The van der Waals surface area contributed by atoms with E-state index in [0.29, 0.717) is 18.5 Å². The first-order chi connectivity index (χ1) is 16.0. The van der Waals surface area contributed by atoms with Gasteiger partial charge < -0.3 is 9.80 Å². The number of benzene rings is 3. The molecule has 0 saturated carbocycles. The molecule has 0 saturated heterocycles. The lowest BCUT2D eigenvalue weighted by atomic mass is 9.89. The van der Waals surface area contributed by atoms with E-state index in [1.807, 2.05) is 66.4 Å². The van der Waals surface area contributed by atoms with Crippen molar-refractivity contribution in [2.24, 2.45) is 0 Å². The monoisotopic (exact) mass is 444 g/mol. The number of nitrogens with zero attached hydrogens (tertiary/aromatic N) is 2. The van der Waals surface area contributed by atoms with Gasteiger partial charge in [0.2, 0.25) is 5.91 Å². The highest BCUT2D eigenvalue weighted by atomic mass is 19.1. The molecule has 4 rings (SSSR count). The second-order valence-electron chi connectivity index (χ2n) is 8.52. The summed E-state index contributed by atoms with van der Waals surface area (Å²) < 4.78 is 14.6. The van der Waals surface area contributed by atoms with Crippen LogP contribution in [-0.4, -0.2) is 17.9 Å². The maximum absolute atomic E-state index is 14.6. The molecule has 3 aromatic rings. The molecule has 0 bridgehead atoms. The zero-order chi connectivity index (χ0) is 23.4. The third-order valence-corrected chi connectivity index (χ3v) is 6.24. The molecule has 1 heterocycles. The van der Waals surface area contributed by atoms with Crippen LogP contribution >= 0.6 is 0 Å². The van der Waals surface area contributed by atoms with Gasteiger partial charge in [-0.15, -0.1) is 0 Å². The predicted molar refractivity (Wildman–Crippen MR) is 130 cm³/mol. The number of hydrogen-bond acceptors (Lipinski definition) is 2. The lowest BCUT2D eigenvalue weighted by Gasteiger charge is -2.43. The maximum atomic E-state index is 14.6. The number of anilines is 2. The lowest BCUT2D eigenvalue weighted by molar-refractivity contribution is -0.119. The van der Waals surface area contributed by atoms with Crippen LogP contribution in [0.15, 0.2) is 78.9 Å². The van der Waals surface area contributed by atoms with Crippen LogP contribution in [0.4, 0.5) is 15.8 Å². The molecule has 2 amide bonds. The van der Waals surface area contributed by atoms with E-state index in [9.17, 15) is 14.0 Å². The van der Waals surface area contributed by atoms with Crippen molar-refractivity contribution in [1.29, 1.82) is 0 Å². The first-order valence-electron chi connectivity index (χ1n) is 11.6. The first-order valence-corrected chi connectivity index (χ1v) is 11.6. The largest absolute Gasteiger partial charge is 0.309 e. The Morgan fingerprint density at radius 2 is 1.64 bits per heavy atom. The van der Waals surface area contributed by atoms with E-state index in [4.69, 9.17) is 0 Å². The molecule has 0 fully saturated rings. The molecular formula is C28H29FN2O2. The van der Waals surface area contributed by atoms with Gasteiger partial charge in [0, 0.05) is 23.8 Å². The minimum Gasteiger partial charge on any atom is -0.309 e. The van der Waals surface area contributed by atoms with E-state index in [2.05, 4.69) is 6.92 Å². The summed E-state index contributed by atoms with van der Waals surface area (Å²) in [6.07, 6.45) is 2.85. The van der Waals surface area contributed by atoms with E-state index in [-0.39, 0.29) is 23.6 Å². The Bertz CT molecular complexity index is 1130. The van der Waals surface area contributed by atoms with Crippen LogP contribution in [0.3, 0.4) is 0 Å². The molecule has 5 heteroatoms. The van der Waals surface area contributed by atoms with Gasteiger partial charge in [-0.05, 0) is 55.7 Å². The van der Waals surface area contributed by atoms with Gasteiger partial charge in [-0.1, -0.05) is 61.9 Å². The standard InChI is InChI=1S/C28H29FN2O2/c1-3-4-18-27(32)30-20(2)19-26(23-15-9-11-17-25(23)30)31(21-12-6-5-7-13-21)28(33)22-14-8-10-16-24(22)29/h5-17,20,26H,3-4,18-19H2,1-2H3. The molecule has 1 aliphatic heterocycles. The van der Waals surface area contributed by atoms with Gasteiger partial charge >= 0.3 is 0 Å². The fraction of sp³-hybridized carbons (Fsp3) is 0.286. The second-order valence-corrected chi connectivity index (χ2v) is 8.52. The average Bonchev–Trinajstić information content (AvgIpc) is 2.83. The van der Waals surface area contributed by atoms with E-state index in [1.54, 1.807) is 17.0 Å². The normalized spacial score (nSPS) is 17.4. The van der Waals surface area contributed by atoms with Crippen LogP contribution in [0.5, 0.6) is 0 Å². The summed E-state index contributed by atoms with van der Waals surface area (Å²) in [6, 6.07) is 22.8. The van der Waals surface area contributed by atoms with E-state index in [0.717, 1.165) is 24.1 Å². The summed E-state index contributed by atoms with van der Waals surface area (Å²) in [5.41, 5.74) is 2.45. The van der Waals surface area contributed by atoms with Crippen molar-refractivity contribution in [3.05, 3.63) is 95.8 Å². The third kappa shape index (κ3) is 4.54. The minimum atomic E-state index is -0.544. The molecular weight excluding hydrogens is 415 g/mol. The summed E-state index contributed by atoms with van der Waals surface area (Å²) >= 11 is 0. The predicted octanol–water partition coefficient (Wildman–Crippen LogP) is 6.53. The summed E-state index contributed by atoms with van der Waals surface area (Å²) in [7, 11) is 0. The summed E-state index contributed by atoms with van der Waals surface area (Å²) in [5, 5.41) is 0. The Balaban J connectivity index is 1.81. The highest BCUT2D eigenvalue weighted by molar-refractivity contribution is 6.07. The van der Waals surface area contributed by atoms with Gasteiger partial charge in [-0.2, -0.15) is 0 Å². The smallest absolute Gasteiger partial charge is 0.261 e. The molecule has 4 nitrogen and oxygen atoms in total. The molecule has 0 aromatic heterocycles. The maximum Gasteiger partial charge on any atom is 0.261 e. The lowest BCUT2D eigenvalue weighted by Crippen LogP contribution is -2.47. The molecule has 1 aliphatic rings. The van der Waals surface area contributed by atoms with E-state index < -0.39 is 11.7 Å². The number of amides is 2. The number of halogens is 1. The Labute approximate surface area is 194 Å². The topological polar surface area (TPSA) is 40.6 Å². The molecule has 0 radical (unpaired) electrons. The quantitative estimate of drug-likeness (QED) is 0.434. The number of carbonyl (C=O) groups is 2. The Morgan fingerprint density at radius 1 is 0.970 bits per heavy atom. The third-order valence-electron chi connectivity index (χ3n) is 6.24. The summed E-state index contributed by atoms with van der Waals surface area (Å²) in [4.78, 5) is 30.4. The van der Waals surface area contributed by atoms with Gasteiger partial charge in [-0.25, -0.2) is 4.39 Å². The number of unbranched alkanes of at least 4 members (excludes halogenated alkanes) is 1. The van der Waals surface area contributed by atoms with E-state index >= 15 is 0 Å².